The molecule has 11 heteroatoms. The molecule has 1 fully saturated rings. The third-order valence-corrected chi connectivity index (χ3v) is 6.28. The summed E-state index contributed by atoms with van der Waals surface area (Å²) >= 11 is 2.49. The predicted molar refractivity (Wildman–Crippen MR) is 119 cm³/mol. The van der Waals surface area contributed by atoms with Crippen molar-refractivity contribution in [3.63, 3.8) is 0 Å². The lowest BCUT2D eigenvalue weighted by atomic mass is 10.2. The van der Waals surface area contributed by atoms with Crippen molar-refractivity contribution in [2.75, 3.05) is 37.4 Å². The first-order valence-corrected chi connectivity index (χ1v) is 11.9. The van der Waals surface area contributed by atoms with Crippen LogP contribution in [0.2, 0.25) is 0 Å². The average molecular weight is 467 g/mol. The van der Waals surface area contributed by atoms with Crippen LogP contribution in [0, 0.1) is 0 Å². The highest BCUT2D eigenvalue weighted by atomic mass is 32.2. The molecule has 168 valence electrons. The van der Waals surface area contributed by atoms with Crippen molar-refractivity contribution < 1.29 is 23.8 Å². The number of benzene rings is 1. The molecule has 1 aromatic heterocycles. The van der Waals surface area contributed by atoms with Crippen molar-refractivity contribution in [2.45, 2.75) is 37.1 Å². The second kappa shape index (κ2) is 11.9. The van der Waals surface area contributed by atoms with E-state index in [1.165, 1.54) is 23.1 Å². The van der Waals surface area contributed by atoms with Crippen LogP contribution in [0.3, 0.4) is 0 Å². The van der Waals surface area contributed by atoms with Gasteiger partial charge in [-0.25, -0.2) is 0 Å². The van der Waals surface area contributed by atoms with Crippen molar-refractivity contribution in [3.05, 3.63) is 23.8 Å². The van der Waals surface area contributed by atoms with Crippen LogP contribution in [0.4, 0.5) is 5.13 Å². The molecule has 2 heterocycles. The molecule has 0 unspecified atom stereocenters. The molecule has 0 saturated carbocycles. The Hall–Kier alpha value is -2.37. The van der Waals surface area contributed by atoms with Crippen LogP contribution in [0.25, 0.3) is 0 Å². The number of anilines is 1. The van der Waals surface area contributed by atoms with Crippen LogP contribution in [-0.2, 0) is 9.53 Å². The Kier molecular flexibility index (Phi) is 8.92. The van der Waals surface area contributed by atoms with Gasteiger partial charge in [-0.05, 0) is 44.9 Å². The molecule has 2 aromatic rings. The average Bonchev–Trinajstić information content (AvgIpc) is 3.44. The van der Waals surface area contributed by atoms with Gasteiger partial charge in [-0.1, -0.05) is 23.1 Å². The summed E-state index contributed by atoms with van der Waals surface area (Å²) in [4.78, 5) is 24.6. The van der Waals surface area contributed by atoms with Gasteiger partial charge >= 0.3 is 0 Å². The minimum absolute atomic E-state index is 0.0841. The van der Waals surface area contributed by atoms with Crippen LogP contribution in [0.5, 0.6) is 11.5 Å². The molecule has 1 atom stereocenters. The number of aromatic nitrogens is 2. The fourth-order valence-electron chi connectivity index (χ4n) is 2.89. The van der Waals surface area contributed by atoms with Crippen LogP contribution < -0.4 is 20.1 Å². The lowest BCUT2D eigenvalue weighted by molar-refractivity contribution is -0.119. The summed E-state index contributed by atoms with van der Waals surface area (Å²) < 4.78 is 17.2. The summed E-state index contributed by atoms with van der Waals surface area (Å²) in [6.45, 7) is 6.01. The third-order valence-electron chi connectivity index (χ3n) is 4.31. The molecule has 0 radical (unpaired) electrons. The maximum absolute atomic E-state index is 12.6. The first-order valence-electron chi connectivity index (χ1n) is 10.1. The van der Waals surface area contributed by atoms with Gasteiger partial charge in [0.25, 0.3) is 5.91 Å². The minimum Gasteiger partial charge on any atom is -0.490 e. The summed E-state index contributed by atoms with van der Waals surface area (Å²) in [5.74, 6) is 0.921. The van der Waals surface area contributed by atoms with E-state index < -0.39 is 0 Å². The topological polar surface area (TPSA) is 112 Å². The molecule has 1 saturated heterocycles. The Morgan fingerprint density at radius 1 is 1.23 bits per heavy atom. The molecule has 9 nitrogen and oxygen atoms in total. The first-order chi connectivity index (χ1) is 15.1. The van der Waals surface area contributed by atoms with Gasteiger partial charge in [-0.2, -0.15) is 0 Å². The van der Waals surface area contributed by atoms with Gasteiger partial charge in [0.1, 0.15) is 0 Å². The third kappa shape index (κ3) is 7.08. The molecule has 1 aliphatic heterocycles. The smallest absolute Gasteiger partial charge is 0.257 e. The maximum atomic E-state index is 12.6. The van der Waals surface area contributed by atoms with E-state index in [0.29, 0.717) is 46.3 Å². The quantitative estimate of drug-likeness (QED) is 0.384. The molecule has 2 amide bonds. The van der Waals surface area contributed by atoms with E-state index in [1.807, 2.05) is 13.8 Å². The second-order valence-electron chi connectivity index (χ2n) is 6.58. The van der Waals surface area contributed by atoms with Crippen molar-refractivity contribution in [1.82, 2.24) is 15.5 Å². The van der Waals surface area contributed by atoms with E-state index >= 15 is 0 Å². The van der Waals surface area contributed by atoms with Gasteiger partial charge in [0.05, 0.1) is 25.1 Å². The van der Waals surface area contributed by atoms with Crippen LogP contribution in [0.15, 0.2) is 22.5 Å². The summed E-state index contributed by atoms with van der Waals surface area (Å²) in [5, 5.41) is 14.0. The lowest BCUT2D eigenvalue weighted by Crippen LogP contribution is -2.32. The molecule has 0 aliphatic carbocycles. The van der Waals surface area contributed by atoms with Gasteiger partial charge < -0.3 is 19.5 Å². The zero-order valence-electron chi connectivity index (χ0n) is 17.5. The Balaban J connectivity index is 1.50. The summed E-state index contributed by atoms with van der Waals surface area (Å²) in [7, 11) is 0. The number of nitrogens with one attached hydrogen (secondary N) is 2. The number of ether oxygens (including phenoxy) is 3. The highest BCUT2D eigenvalue weighted by Gasteiger charge is 2.17. The molecular weight excluding hydrogens is 440 g/mol. The highest BCUT2D eigenvalue weighted by molar-refractivity contribution is 8.01. The lowest BCUT2D eigenvalue weighted by Gasteiger charge is -2.12. The second-order valence-corrected chi connectivity index (χ2v) is 8.78. The number of hydrogen-bond acceptors (Lipinski definition) is 9. The Labute approximate surface area is 189 Å². The maximum Gasteiger partial charge on any atom is 0.257 e. The summed E-state index contributed by atoms with van der Waals surface area (Å²) in [6, 6.07) is 5.01. The number of thioether (sulfide) groups is 1. The first kappa shape index (κ1) is 23.3. The van der Waals surface area contributed by atoms with Crippen LogP contribution in [-0.4, -0.2) is 60.2 Å². The number of hydrogen-bond donors (Lipinski definition) is 2. The van der Waals surface area contributed by atoms with Crippen LogP contribution >= 0.6 is 23.1 Å². The zero-order chi connectivity index (χ0) is 22.1. The van der Waals surface area contributed by atoms with E-state index in [0.717, 1.165) is 19.4 Å². The molecule has 0 spiro atoms. The number of carbonyl (C=O) groups is 2. The molecule has 3 rings (SSSR count). The van der Waals surface area contributed by atoms with E-state index in [-0.39, 0.29) is 23.7 Å². The minimum atomic E-state index is -0.328. The molecule has 1 aliphatic rings. The van der Waals surface area contributed by atoms with E-state index in [2.05, 4.69) is 20.8 Å². The monoisotopic (exact) mass is 466 g/mol. The largest absolute Gasteiger partial charge is 0.490 e. The summed E-state index contributed by atoms with van der Waals surface area (Å²) in [6.07, 6.45) is 2.13. The molecule has 0 bridgehead atoms. The number of rotatable bonds is 11. The number of carbonyl (C=O) groups excluding carboxylic acids is 2. The fraction of sp³-hybridized carbons (Fsp3) is 0.500. The molecule has 1 aromatic carbocycles. The standard InChI is InChI=1S/C20H26N4O5S2/c1-3-27-15-8-7-13(10-16(15)28-4-2)18(26)22-19-23-24-20(31-19)30-12-17(25)21-11-14-6-5-9-29-14/h7-8,10,14H,3-6,9,11-12H2,1-2H3,(H,21,25)(H,22,23,26)/t14-/m1/s1. The Morgan fingerprint density at radius 2 is 2.03 bits per heavy atom. The van der Waals surface area contributed by atoms with E-state index in [9.17, 15) is 9.59 Å². The van der Waals surface area contributed by atoms with Crippen molar-refractivity contribution >= 4 is 40.0 Å². The zero-order valence-corrected chi connectivity index (χ0v) is 19.1. The normalized spacial score (nSPS) is 15.5. The summed E-state index contributed by atoms with van der Waals surface area (Å²) in [5.41, 5.74) is 0.421. The van der Waals surface area contributed by atoms with Gasteiger partial charge in [0, 0.05) is 18.7 Å². The highest BCUT2D eigenvalue weighted by Crippen LogP contribution is 2.30. The van der Waals surface area contributed by atoms with Crippen molar-refractivity contribution in [2.24, 2.45) is 0 Å². The van der Waals surface area contributed by atoms with Crippen molar-refractivity contribution in [3.8, 4) is 11.5 Å². The molecule has 2 N–H and O–H groups in total. The van der Waals surface area contributed by atoms with Gasteiger partial charge in [-0.15, -0.1) is 10.2 Å². The molecular formula is C20H26N4O5S2. The SMILES string of the molecule is CCOc1ccc(C(=O)Nc2nnc(SCC(=O)NC[C@H]3CCCO3)s2)cc1OCC. The Morgan fingerprint density at radius 3 is 2.77 bits per heavy atom. The Bertz CT molecular complexity index is 886. The number of nitrogens with zero attached hydrogens (tertiary/aromatic N) is 2. The van der Waals surface area contributed by atoms with E-state index in [4.69, 9.17) is 14.2 Å². The van der Waals surface area contributed by atoms with Gasteiger partial charge in [0.2, 0.25) is 11.0 Å². The molecule has 31 heavy (non-hydrogen) atoms. The van der Waals surface area contributed by atoms with Gasteiger partial charge in [0.15, 0.2) is 15.8 Å². The predicted octanol–water partition coefficient (Wildman–Crippen LogP) is 2.98. The van der Waals surface area contributed by atoms with Gasteiger partial charge in [-0.3, -0.25) is 14.9 Å². The van der Waals surface area contributed by atoms with Crippen molar-refractivity contribution in [1.29, 1.82) is 0 Å². The fourth-order valence-corrected chi connectivity index (χ4v) is 4.47. The van der Waals surface area contributed by atoms with Crippen LogP contribution in [0.1, 0.15) is 37.0 Å². The number of amides is 2. The van der Waals surface area contributed by atoms with E-state index in [1.54, 1.807) is 18.2 Å².